The molecule has 0 unspecified atom stereocenters. The Balaban J connectivity index is 1.48. The number of amides is 1. The third-order valence-electron chi connectivity index (χ3n) is 8.52. The number of ether oxygens (including phenoxy) is 1. The van der Waals surface area contributed by atoms with Gasteiger partial charge in [-0.05, 0) is 90.9 Å². The Morgan fingerprint density at radius 3 is 2.58 bits per heavy atom. The number of hydrogen-bond donors (Lipinski definition) is 2. The summed E-state index contributed by atoms with van der Waals surface area (Å²) in [5.41, 5.74) is 2.62. The second kappa shape index (κ2) is 10.1. The number of alkyl halides is 2. The van der Waals surface area contributed by atoms with Crippen molar-refractivity contribution in [1.29, 1.82) is 0 Å². The lowest BCUT2D eigenvalue weighted by Gasteiger charge is -2.51. The first kappa shape index (κ1) is 25.3. The van der Waals surface area contributed by atoms with Crippen LogP contribution in [0.15, 0.2) is 18.2 Å². The van der Waals surface area contributed by atoms with Crippen LogP contribution in [0.1, 0.15) is 56.1 Å². The van der Waals surface area contributed by atoms with E-state index in [0.29, 0.717) is 48.4 Å². The fourth-order valence-corrected chi connectivity index (χ4v) is 8.56. The molecular formula is C24H34Cl2NO5P. The number of carbonyl (C=O) groups excluding carboxylic acids is 1. The maximum atomic E-state index is 12.5. The Labute approximate surface area is 206 Å². The molecule has 1 aromatic rings. The Kier molecular flexibility index (Phi) is 7.72. The minimum Gasteiger partial charge on any atom is -0.410 e. The highest BCUT2D eigenvalue weighted by atomic mass is 35.5. The monoisotopic (exact) mass is 517 g/mol. The largest absolute Gasteiger partial charge is 0.415 e. The highest BCUT2D eigenvalue weighted by Gasteiger charge is 2.55. The lowest BCUT2D eigenvalue weighted by Crippen LogP contribution is -2.43. The van der Waals surface area contributed by atoms with Crippen molar-refractivity contribution in [2.45, 2.75) is 51.4 Å². The van der Waals surface area contributed by atoms with E-state index in [1.54, 1.807) is 0 Å². The number of hydrogen-bond acceptors (Lipinski definition) is 3. The maximum absolute atomic E-state index is 12.5. The first-order chi connectivity index (χ1) is 15.7. The van der Waals surface area contributed by atoms with Crippen LogP contribution in [-0.4, -0.2) is 51.8 Å². The molecule has 0 spiro atoms. The zero-order valence-corrected chi connectivity index (χ0v) is 21.5. The van der Waals surface area contributed by atoms with Gasteiger partial charge in [0.15, 0.2) is 0 Å². The third-order valence-corrected chi connectivity index (χ3v) is 9.78. The van der Waals surface area contributed by atoms with Gasteiger partial charge in [0.2, 0.25) is 0 Å². The summed E-state index contributed by atoms with van der Waals surface area (Å²) in [7, 11) is -4.00. The van der Waals surface area contributed by atoms with Crippen molar-refractivity contribution in [2.24, 2.45) is 23.2 Å². The predicted octanol–water partition coefficient (Wildman–Crippen LogP) is 5.62. The average molecular weight is 518 g/mol. The van der Waals surface area contributed by atoms with Gasteiger partial charge in [0.25, 0.3) is 0 Å². The highest BCUT2D eigenvalue weighted by Crippen LogP contribution is 2.64. The van der Waals surface area contributed by atoms with Gasteiger partial charge in [0, 0.05) is 24.8 Å². The summed E-state index contributed by atoms with van der Waals surface area (Å²) in [6.07, 6.45) is 5.62. The molecule has 2 saturated carbocycles. The van der Waals surface area contributed by atoms with Crippen LogP contribution >= 0.6 is 30.8 Å². The lowest BCUT2D eigenvalue weighted by molar-refractivity contribution is 0.0333. The van der Waals surface area contributed by atoms with E-state index in [-0.39, 0.29) is 17.5 Å². The van der Waals surface area contributed by atoms with Crippen molar-refractivity contribution in [3.63, 3.8) is 0 Å². The van der Waals surface area contributed by atoms with E-state index in [1.807, 2.05) is 12.1 Å². The summed E-state index contributed by atoms with van der Waals surface area (Å²) in [6, 6.07) is 6.01. The minimum atomic E-state index is -4.00. The van der Waals surface area contributed by atoms with Gasteiger partial charge in [-0.25, -0.2) is 4.79 Å². The zero-order valence-electron chi connectivity index (χ0n) is 19.1. The fourth-order valence-electron chi connectivity index (χ4n) is 6.98. The van der Waals surface area contributed by atoms with Crippen LogP contribution in [0.4, 0.5) is 4.79 Å². The van der Waals surface area contributed by atoms with Gasteiger partial charge in [0.1, 0.15) is 5.75 Å². The molecule has 33 heavy (non-hydrogen) atoms. The van der Waals surface area contributed by atoms with Gasteiger partial charge >= 0.3 is 13.7 Å². The fraction of sp³-hybridized carbons (Fsp3) is 0.708. The molecule has 0 radical (unpaired) electrons. The molecule has 9 heteroatoms. The van der Waals surface area contributed by atoms with Gasteiger partial charge < -0.3 is 19.4 Å². The summed E-state index contributed by atoms with van der Waals surface area (Å²) in [5.74, 6) is 2.84. The molecule has 4 rings (SSSR count). The predicted molar refractivity (Wildman–Crippen MR) is 130 cm³/mol. The Bertz CT molecular complexity index is 918. The van der Waals surface area contributed by atoms with E-state index in [0.717, 1.165) is 38.5 Å². The van der Waals surface area contributed by atoms with E-state index in [2.05, 4.69) is 13.0 Å². The average Bonchev–Trinajstić information content (AvgIpc) is 3.08. The summed E-state index contributed by atoms with van der Waals surface area (Å²) in [5, 5.41) is 0. The number of aryl methyl sites for hydroxylation is 1. The molecule has 3 aliphatic carbocycles. The molecule has 6 nitrogen and oxygen atoms in total. The van der Waals surface area contributed by atoms with E-state index in [1.165, 1.54) is 16.0 Å². The van der Waals surface area contributed by atoms with Gasteiger partial charge in [-0.1, -0.05) is 13.0 Å². The summed E-state index contributed by atoms with van der Waals surface area (Å²) < 4.78 is 17.3. The van der Waals surface area contributed by atoms with Crippen molar-refractivity contribution in [3.8, 4) is 5.75 Å². The highest BCUT2D eigenvalue weighted by molar-refractivity contribution is 7.51. The van der Waals surface area contributed by atoms with E-state index < -0.39 is 13.7 Å². The van der Waals surface area contributed by atoms with E-state index in [4.69, 9.17) is 27.9 Å². The summed E-state index contributed by atoms with van der Waals surface area (Å²) in [6.45, 7) is 3.06. The molecule has 0 aliphatic heterocycles. The SMILES string of the molecule is C[C@]12CC[C@@H]3c4ccc(OC(=O)N(CCCl)CCCl)cc4CC[C@H]3[C@@H]1CC[C@@H]2CP(=O)(O)O. The number of carbonyl (C=O) groups is 1. The minimum absolute atomic E-state index is 0.0174. The summed E-state index contributed by atoms with van der Waals surface area (Å²) in [4.78, 5) is 33.2. The molecule has 0 aromatic heterocycles. The molecule has 2 N–H and O–H groups in total. The molecule has 0 saturated heterocycles. The molecule has 3 aliphatic rings. The zero-order chi connectivity index (χ0) is 23.8. The number of nitrogens with zero attached hydrogens (tertiary/aromatic N) is 1. The second-order valence-corrected chi connectivity index (χ2v) is 12.6. The number of fused-ring (bicyclic) bond motifs is 5. The molecular weight excluding hydrogens is 484 g/mol. The molecule has 0 bridgehead atoms. The molecule has 5 atom stereocenters. The van der Waals surface area contributed by atoms with Crippen LogP contribution in [-0.2, 0) is 11.0 Å². The quantitative estimate of drug-likeness (QED) is 0.362. The molecule has 184 valence electrons. The summed E-state index contributed by atoms with van der Waals surface area (Å²) >= 11 is 11.6. The first-order valence-electron chi connectivity index (χ1n) is 11.9. The Morgan fingerprint density at radius 2 is 1.91 bits per heavy atom. The van der Waals surface area contributed by atoms with Gasteiger partial charge in [-0.2, -0.15) is 0 Å². The third kappa shape index (κ3) is 5.26. The van der Waals surface area contributed by atoms with E-state index >= 15 is 0 Å². The molecule has 1 amide bonds. The Hall–Kier alpha value is -0.780. The van der Waals surface area contributed by atoms with Crippen LogP contribution in [0.25, 0.3) is 0 Å². The van der Waals surface area contributed by atoms with Crippen LogP contribution < -0.4 is 4.74 Å². The first-order valence-corrected chi connectivity index (χ1v) is 14.8. The maximum Gasteiger partial charge on any atom is 0.415 e. The van der Waals surface area contributed by atoms with Crippen LogP contribution in [0.2, 0.25) is 0 Å². The standard InChI is InChI=1S/C24H34Cl2NO5P/c1-24-9-8-20-19-6-4-18(32-23(28)27(12-10-25)13-11-26)14-16(19)2-5-21(20)22(24)7-3-17(24)15-33(29,30)31/h4,6,14,17,20-22H,2-3,5,7-13,15H2,1H3,(H2,29,30,31)/t17-,20-,21-,22+,24-/m1/s1. The lowest BCUT2D eigenvalue weighted by atomic mass is 9.54. The molecule has 1 aromatic carbocycles. The second-order valence-electron chi connectivity index (χ2n) is 10.2. The van der Waals surface area contributed by atoms with Crippen molar-refractivity contribution in [2.75, 3.05) is 31.0 Å². The molecule has 2 fully saturated rings. The van der Waals surface area contributed by atoms with Crippen molar-refractivity contribution < 1.29 is 23.9 Å². The van der Waals surface area contributed by atoms with Crippen molar-refractivity contribution in [3.05, 3.63) is 29.3 Å². The normalized spacial score (nSPS) is 30.8. The smallest absolute Gasteiger partial charge is 0.410 e. The van der Waals surface area contributed by atoms with Crippen molar-refractivity contribution >= 4 is 36.9 Å². The van der Waals surface area contributed by atoms with Crippen LogP contribution in [0.3, 0.4) is 0 Å². The van der Waals surface area contributed by atoms with Crippen molar-refractivity contribution in [1.82, 2.24) is 4.90 Å². The Morgan fingerprint density at radius 1 is 1.18 bits per heavy atom. The van der Waals surface area contributed by atoms with Gasteiger partial charge in [0.05, 0.1) is 6.16 Å². The van der Waals surface area contributed by atoms with Gasteiger partial charge in [-0.3, -0.25) is 4.57 Å². The van der Waals surface area contributed by atoms with Gasteiger partial charge in [-0.15, -0.1) is 23.2 Å². The van der Waals surface area contributed by atoms with Crippen LogP contribution in [0, 0.1) is 23.2 Å². The number of halogens is 2. The van der Waals surface area contributed by atoms with E-state index in [9.17, 15) is 19.1 Å². The topological polar surface area (TPSA) is 87.1 Å². The number of benzene rings is 1. The van der Waals surface area contributed by atoms with Crippen LogP contribution in [0.5, 0.6) is 5.75 Å². The molecule has 0 heterocycles. The number of rotatable bonds is 7.